The summed E-state index contributed by atoms with van der Waals surface area (Å²) in [4.78, 5) is 13.8. The molecule has 0 radical (unpaired) electrons. The Bertz CT molecular complexity index is 579. The molecule has 8 atom stereocenters. The Hall–Kier alpha value is -0.490. The van der Waals surface area contributed by atoms with Gasteiger partial charge in [0.1, 0.15) is 12.6 Å². The van der Waals surface area contributed by atoms with Crippen LogP contribution >= 0.6 is 0 Å². The minimum Gasteiger partial charge on any atom is -0.396 e. The number of carbonyl (C=O) groups is 1. The molecule has 3 unspecified atom stereocenters. The second kappa shape index (κ2) is 7.98. The third kappa shape index (κ3) is 3.08. The number of hydrogen-bond acceptors (Lipinski definition) is 5. The van der Waals surface area contributed by atoms with Crippen LogP contribution in [0.4, 0.5) is 0 Å². The van der Waals surface area contributed by atoms with Gasteiger partial charge in [0.15, 0.2) is 0 Å². The van der Waals surface area contributed by atoms with Crippen molar-refractivity contribution < 1.29 is 24.1 Å². The van der Waals surface area contributed by atoms with Crippen LogP contribution in [0.1, 0.15) is 66.2 Å². The van der Waals surface area contributed by atoms with Gasteiger partial charge in [-0.25, -0.2) is 0 Å². The summed E-state index contributed by atoms with van der Waals surface area (Å²) in [6.45, 7) is 9.15. The molecular formula is C23H40O5. The first kappa shape index (κ1) is 22.2. The van der Waals surface area contributed by atoms with Gasteiger partial charge in [-0.1, -0.05) is 27.7 Å². The van der Waals surface area contributed by atoms with Gasteiger partial charge < -0.3 is 19.3 Å². The van der Waals surface area contributed by atoms with Crippen LogP contribution in [-0.4, -0.2) is 50.7 Å². The first-order chi connectivity index (χ1) is 13.2. The summed E-state index contributed by atoms with van der Waals surface area (Å²) >= 11 is 0. The van der Waals surface area contributed by atoms with Crippen LogP contribution in [0.5, 0.6) is 0 Å². The number of rotatable bonds is 6. The van der Waals surface area contributed by atoms with E-state index in [1.807, 2.05) is 14.0 Å². The van der Waals surface area contributed by atoms with E-state index >= 15 is 0 Å². The van der Waals surface area contributed by atoms with E-state index < -0.39 is 5.41 Å². The second-order valence-corrected chi connectivity index (χ2v) is 10.2. The Balaban J connectivity index is 2.17. The molecule has 3 fully saturated rings. The van der Waals surface area contributed by atoms with Gasteiger partial charge in [0, 0.05) is 37.6 Å². The average Bonchev–Trinajstić information content (AvgIpc) is 3.07. The Kier molecular flexibility index (Phi) is 6.32. The Morgan fingerprint density at radius 3 is 2.43 bits per heavy atom. The largest absolute Gasteiger partial charge is 0.396 e. The SMILES string of the molecule is COCO[C@@H]1C[C@@](C)(CCO)C(=O)[C@H](C)C23CCC(OC)C2[C@@]1(C)[C@H](C)CC3. The molecule has 3 aliphatic rings. The molecule has 162 valence electrons. The van der Waals surface area contributed by atoms with Gasteiger partial charge in [-0.05, 0) is 55.8 Å². The highest BCUT2D eigenvalue weighted by molar-refractivity contribution is 5.87. The third-order valence-corrected chi connectivity index (χ3v) is 9.19. The Labute approximate surface area is 170 Å². The van der Waals surface area contributed by atoms with Crippen LogP contribution in [0.2, 0.25) is 0 Å². The van der Waals surface area contributed by atoms with Crippen LogP contribution < -0.4 is 0 Å². The van der Waals surface area contributed by atoms with E-state index in [0.29, 0.717) is 30.5 Å². The molecule has 3 rings (SSSR count). The number of Topliss-reactive ketones (excluding diaryl/α,β-unsaturated/α-hetero) is 1. The minimum absolute atomic E-state index is 0.0232. The number of aliphatic hydroxyl groups is 1. The zero-order chi connectivity index (χ0) is 20.7. The first-order valence-corrected chi connectivity index (χ1v) is 11.0. The van der Waals surface area contributed by atoms with Gasteiger partial charge >= 0.3 is 0 Å². The van der Waals surface area contributed by atoms with Crippen molar-refractivity contribution in [2.24, 2.45) is 34.0 Å². The Morgan fingerprint density at radius 2 is 1.82 bits per heavy atom. The van der Waals surface area contributed by atoms with Crippen molar-refractivity contribution in [3.63, 3.8) is 0 Å². The lowest BCUT2D eigenvalue weighted by molar-refractivity contribution is -0.220. The number of hydrogen-bond donors (Lipinski definition) is 1. The summed E-state index contributed by atoms with van der Waals surface area (Å²) in [5.41, 5.74) is -0.710. The molecule has 0 aromatic carbocycles. The molecule has 28 heavy (non-hydrogen) atoms. The zero-order valence-electron chi connectivity index (χ0n) is 18.6. The first-order valence-electron chi connectivity index (χ1n) is 11.0. The number of aliphatic hydroxyl groups excluding tert-OH is 1. The van der Waals surface area contributed by atoms with E-state index in [9.17, 15) is 9.90 Å². The highest BCUT2D eigenvalue weighted by Crippen LogP contribution is 2.68. The van der Waals surface area contributed by atoms with Gasteiger partial charge in [0.05, 0.1) is 12.2 Å². The predicted molar refractivity (Wildman–Crippen MR) is 108 cm³/mol. The molecule has 0 amide bonds. The van der Waals surface area contributed by atoms with Crippen LogP contribution in [0.15, 0.2) is 0 Å². The lowest BCUT2D eigenvalue weighted by Gasteiger charge is -2.62. The number of ketones is 1. The topological polar surface area (TPSA) is 65.0 Å². The van der Waals surface area contributed by atoms with Crippen LogP contribution in [0, 0.1) is 34.0 Å². The predicted octanol–water partition coefficient (Wildman–Crippen LogP) is 3.82. The van der Waals surface area contributed by atoms with Crippen LogP contribution in [0.25, 0.3) is 0 Å². The van der Waals surface area contributed by atoms with E-state index in [-0.39, 0.29) is 42.4 Å². The highest BCUT2D eigenvalue weighted by Gasteiger charge is 2.68. The number of ether oxygens (including phenoxy) is 3. The number of methoxy groups -OCH3 is 2. The van der Waals surface area contributed by atoms with Crippen LogP contribution in [0.3, 0.4) is 0 Å². The summed E-state index contributed by atoms with van der Waals surface area (Å²) < 4.78 is 17.6. The van der Waals surface area contributed by atoms with Crippen LogP contribution in [-0.2, 0) is 19.0 Å². The molecule has 2 bridgehead atoms. The van der Waals surface area contributed by atoms with Gasteiger partial charge in [-0.15, -0.1) is 0 Å². The van der Waals surface area contributed by atoms with Crippen molar-refractivity contribution in [2.45, 2.75) is 78.4 Å². The molecule has 3 aliphatic carbocycles. The van der Waals surface area contributed by atoms with Crippen molar-refractivity contribution in [3.05, 3.63) is 0 Å². The molecule has 5 nitrogen and oxygen atoms in total. The molecule has 5 heteroatoms. The van der Waals surface area contributed by atoms with Crippen molar-refractivity contribution in [2.75, 3.05) is 27.6 Å². The fourth-order valence-electron chi connectivity index (χ4n) is 7.35. The molecule has 0 saturated heterocycles. The van der Waals surface area contributed by atoms with Crippen molar-refractivity contribution in [1.82, 2.24) is 0 Å². The summed E-state index contributed by atoms with van der Waals surface area (Å²) in [7, 11) is 3.47. The second-order valence-electron chi connectivity index (χ2n) is 10.2. The molecule has 0 aliphatic heterocycles. The van der Waals surface area contributed by atoms with Gasteiger partial charge in [-0.2, -0.15) is 0 Å². The molecular weight excluding hydrogens is 356 g/mol. The maximum Gasteiger partial charge on any atom is 0.146 e. The van der Waals surface area contributed by atoms with E-state index in [1.54, 1.807) is 7.11 Å². The van der Waals surface area contributed by atoms with Gasteiger partial charge in [0.25, 0.3) is 0 Å². The summed E-state index contributed by atoms with van der Waals surface area (Å²) in [6, 6.07) is 0. The monoisotopic (exact) mass is 396 g/mol. The van der Waals surface area contributed by atoms with E-state index in [4.69, 9.17) is 14.2 Å². The average molecular weight is 397 g/mol. The van der Waals surface area contributed by atoms with Crippen molar-refractivity contribution in [1.29, 1.82) is 0 Å². The normalized spacial score (nSPS) is 48.8. The summed E-state index contributed by atoms with van der Waals surface area (Å²) in [5.74, 6) is 1.05. The molecule has 0 aromatic heterocycles. The maximum atomic E-state index is 13.8. The van der Waals surface area contributed by atoms with Crippen molar-refractivity contribution in [3.8, 4) is 0 Å². The molecule has 0 heterocycles. The van der Waals surface area contributed by atoms with E-state index in [0.717, 1.165) is 25.7 Å². The van der Waals surface area contributed by atoms with Gasteiger partial charge in [-0.3, -0.25) is 4.79 Å². The standard InChI is InChI=1S/C23H40O5/c1-15-7-9-23-10-8-17(27-6)19(23)22(15,4)18(28-14-26-5)13-21(3,11-12-24)20(25)16(23)2/h15-19,24H,7-14H2,1-6H3/t15-,16+,17?,18-,19?,21-,22+,23?/m1/s1. The smallest absolute Gasteiger partial charge is 0.146 e. The summed E-state index contributed by atoms with van der Waals surface area (Å²) in [6.07, 6.45) is 5.42. The van der Waals surface area contributed by atoms with Gasteiger partial charge in [0.2, 0.25) is 0 Å². The maximum absolute atomic E-state index is 13.8. The zero-order valence-corrected chi connectivity index (χ0v) is 18.6. The third-order valence-electron chi connectivity index (χ3n) is 9.19. The lowest BCUT2D eigenvalue weighted by Crippen LogP contribution is -2.63. The molecule has 0 spiro atoms. The van der Waals surface area contributed by atoms with Crippen molar-refractivity contribution >= 4 is 5.78 Å². The lowest BCUT2D eigenvalue weighted by atomic mass is 9.44. The number of carbonyl (C=O) groups excluding carboxylic acids is 1. The minimum atomic E-state index is -0.575. The van der Waals surface area contributed by atoms with E-state index in [1.165, 1.54) is 0 Å². The quantitative estimate of drug-likeness (QED) is 0.692. The fourth-order valence-corrected chi connectivity index (χ4v) is 7.35. The van der Waals surface area contributed by atoms with E-state index in [2.05, 4.69) is 20.8 Å². The molecule has 3 saturated carbocycles. The fraction of sp³-hybridized carbons (Fsp3) is 0.957. The highest BCUT2D eigenvalue weighted by atomic mass is 16.7. The Morgan fingerprint density at radius 1 is 1.14 bits per heavy atom. The molecule has 0 aromatic rings. The molecule has 1 N–H and O–H groups in total. The summed E-state index contributed by atoms with van der Waals surface area (Å²) in [5, 5.41) is 9.76.